The molecule has 0 aromatic heterocycles. The zero-order valence-corrected chi connectivity index (χ0v) is 13.1. The molecule has 0 aromatic carbocycles. The third-order valence-electron chi connectivity index (χ3n) is 4.96. The summed E-state index contributed by atoms with van der Waals surface area (Å²) in [6.07, 6.45) is 2.50. The first-order valence-corrected chi connectivity index (χ1v) is 7.92. The van der Waals surface area contributed by atoms with Gasteiger partial charge in [0, 0.05) is 44.8 Å². The second kappa shape index (κ2) is 6.53. The molecule has 0 atom stereocenters. The van der Waals surface area contributed by atoms with E-state index in [0.29, 0.717) is 0 Å². The number of piperazine rings is 1. The molecule has 2 fully saturated rings. The molecule has 0 aliphatic carbocycles. The molecule has 4 nitrogen and oxygen atoms in total. The van der Waals surface area contributed by atoms with E-state index >= 15 is 0 Å². The summed E-state index contributed by atoms with van der Waals surface area (Å²) in [6, 6.07) is 0. The van der Waals surface area contributed by atoms with E-state index in [1.54, 1.807) is 0 Å². The maximum Gasteiger partial charge on any atom is 0.0357 e. The first-order valence-electron chi connectivity index (χ1n) is 7.92. The minimum absolute atomic E-state index is 0.286. The van der Waals surface area contributed by atoms with Gasteiger partial charge in [0.05, 0.1) is 0 Å². The lowest BCUT2D eigenvalue weighted by Crippen LogP contribution is -2.63. The van der Waals surface area contributed by atoms with Gasteiger partial charge in [-0.25, -0.2) is 0 Å². The van der Waals surface area contributed by atoms with Crippen molar-refractivity contribution in [3.63, 3.8) is 0 Å². The molecule has 0 saturated carbocycles. The van der Waals surface area contributed by atoms with E-state index in [0.717, 1.165) is 12.5 Å². The SMILES string of the molecule is CC(C)CN1CCC(CN)(N2CCN(C)CC2)CC1. The summed E-state index contributed by atoms with van der Waals surface area (Å²) in [4.78, 5) is 7.73. The van der Waals surface area contributed by atoms with Gasteiger partial charge in [0.15, 0.2) is 0 Å². The van der Waals surface area contributed by atoms with Crippen LogP contribution in [0.5, 0.6) is 0 Å². The van der Waals surface area contributed by atoms with Crippen molar-refractivity contribution in [2.45, 2.75) is 32.2 Å². The molecule has 0 radical (unpaired) electrons. The van der Waals surface area contributed by atoms with Gasteiger partial charge in [-0.1, -0.05) is 13.8 Å². The Morgan fingerprint density at radius 2 is 1.58 bits per heavy atom. The number of piperidine rings is 1. The molecular weight excluding hydrogens is 236 g/mol. The molecule has 2 N–H and O–H groups in total. The van der Waals surface area contributed by atoms with E-state index < -0.39 is 0 Å². The fourth-order valence-corrected chi connectivity index (χ4v) is 3.60. The molecule has 2 saturated heterocycles. The van der Waals surface area contributed by atoms with Gasteiger partial charge in [-0.3, -0.25) is 4.90 Å². The summed E-state index contributed by atoms with van der Waals surface area (Å²) in [5, 5.41) is 0. The van der Waals surface area contributed by atoms with Crippen LogP contribution in [0.15, 0.2) is 0 Å². The molecule has 0 bridgehead atoms. The lowest BCUT2D eigenvalue weighted by Gasteiger charge is -2.51. The smallest absolute Gasteiger partial charge is 0.0357 e. The molecule has 112 valence electrons. The fraction of sp³-hybridized carbons (Fsp3) is 1.00. The number of nitrogens with zero attached hydrogens (tertiary/aromatic N) is 3. The van der Waals surface area contributed by atoms with E-state index in [4.69, 9.17) is 5.73 Å². The lowest BCUT2D eigenvalue weighted by atomic mass is 9.84. The molecule has 2 heterocycles. The predicted molar refractivity (Wildman–Crippen MR) is 81.4 cm³/mol. The number of likely N-dealkylation sites (tertiary alicyclic amines) is 1. The summed E-state index contributed by atoms with van der Waals surface area (Å²) in [5.74, 6) is 0.772. The second-order valence-corrected chi connectivity index (χ2v) is 6.91. The van der Waals surface area contributed by atoms with Crippen molar-refractivity contribution in [3.8, 4) is 0 Å². The van der Waals surface area contributed by atoms with Crippen LogP contribution in [0.25, 0.3) is 0 Å². The summed E-state index contributed by atoms with van der Waals surface area (Å²) in [6.45, 7) is 13.9. The molecule has 19 heavy (non-hydrogen) atoms. The van der Waals surface area contributed by atoms with Gasteiger partial charge in [0.2, 0.25) is 0 Å². The van der Waals surface area contributed by atoms with Gasteiger partial charge in [-0.15, -0.1) is 0 Å². The summed E-state index contributed by atoms with van der Waals surface area (Å²) >= 11 is 0. The van der Waals surface area contributed by atoms with Crippen LogP contribution in [0.3, 0.4) is 0 Å². The van der Waals surface area contributed by atoms with E-state index in [1.807, 2.05) is 0 Å². The monoisotopic (exact) mass is 268 g/mol. The van der Waals surface area contributed by atoms with E-state index in [1.165, 1.54) is 58.7 Å². The Morgan fingerprint density at radius 1 is 1.00 bits per heavy atom. The Bertz CT molecular complexity index is 263. The van der Waals surface area contributed by atoms with Crippen molar-refractivity contribution in [1.29, 1.82) is 0 Å². The van der Waals surface area contributed by atoms with Gasteiger partial charge < -0.3 is 15.5 Å². The van der Waals surface area contributed by atoms with Crippen molar-refractivity contribution in [1.82, 2.24) is 14.7 Å². The van der Waals surface area contributed by atoms with E-state index in [-0.39, 0.29) is 5.54 Å². The zero-order valence-electron chi connectivity index (χ0n) is 13.1. The van der Waals surface area contributed by atoms with E-state index in [2.05, 4.69) is 35.6 Å². The van der Waals surface area contributed by atoms with Crippen LogP contribution in [0.2, 0.25) is 0 Å². The largest absolute Gasteiger partial charge is 0.329 e. The van der Waals surface area contributed by atoms with E-state index in [9.17, 15) is 0 Å². The quantitative estimate of drug-likeness (QED) is 0.813. The number of rotatable bonds is 4. The van der Waals surface area contributed by atoms with Crippen LogP contribution >= 0.6 is 0 Å². The average Bonchev–Trinajstić information content (AvgIpc) is 2.40. The predicted octanol–water partition coefficient (Wildman–Crippen LogP) is 0.683. The van der Waals surface area contributed by atoms with Gasteiger partial charge in [-0.05, 0) is 38.9 Å². The van der Waals surface area contributed by atoms with Crippen molar-refractivity contribution >= 4 is 0 Å². The highest BCUT2D eigenvalue weighted by molar-refractivity contribution is 4.97. The highest BCUT2D eigenvalue weighted by Gasteiger charge is 2.39. The molecule has 2 aliphatic rings. The van der Waals surface area contributed by atoms with Crippen molar-refractivity contribution in [2.75, 3.05) is 59.4 Å². The Hall–Kier alpha value is -0.160. The molecule has 0 aromatic rings. The van der Waals surface area contributed by atoms with Gasteiger partial charge in [0.25, 0.3) is 0 Å². The van der Waals surface area contributed by atoms with Gasteiger partial charge >= 0.3 is 0 Å². The van der Waals surface area contributed by atoms with Crippen LogP contribution in [0, 0.1) is 5.92 Å². The van der Waals surface area contributed by atoms with Crippen molar-refractivity contribution in [2.24, 2.45) is 11.7 Å². The molecule has 2 rings (SSSR count). The molecule has 0 amide bonds. The highest BCUT2D eigenvalue weighted by atomic mass is 15.3. The van der Waals surface area contributed by atoms with Crippen molar-refractivity contribution < 1.29 is 0 Å². The number of hydrogen-bond acceptors (Lipinski definition) is 4. The number of nitrogens with two attached hydrogens (primary N) is 1. The van der Waals surface area contributed by atoms with Crippen LogP contribution in [-0.2, 0) is 0 Å². The number of hydrogen-bond donors (Lipinski definition) is 1. The first-order chi connectivity index (χ1) is 9.05. The molecular formula is C15H32N4. The maximum atomic E-state index is 6.18. The zero-order chi connectivity index (χ0) is 13.9. The minimum atomic E-state index is 0.286. The molecule has 0 unspecified atom stereocenters. The van der Waals surface area contributed by atoms with Gasteiger partial charge in [0.1, 0.15) is 0 Å². The van der Waals surface area contributed by atoms with Gasteiger partial charge in [-0.2, -0.15) is 0 Å². The molecule has 2 aliphatic heterocycles. The fourth-order valence-electron chi connectivity index (χ4n) is 3.60. The van der Waals surface area contributed by atoms with Crippen molar-refractivity contribution in [3.05, 3.63) is 0 Å². The second-order valence-electron chi connectivity index (χ2n) is 6.91. The summed E-state index contributed by atoms with van der Waals surface area (Å²) in [5.41, 5.74) is 6.46. The first kappa shape index (κ1) is 15.2. The Kier molecular flexibility index (Phi) is 5.23. The summed E-state index contributed by atoms with van der Waals surface area (Å²) in [7, 11) is 2.22. The minimum Gasteiger partial charge on any atom is -0.329 e. The van der Waals surface area contributed by atoms with Crippen LogP contribution in [0.1, 0.15) is 26.7 Å². The van der Waals surface area contributed by atoms with Crippen LogP contribution < -0.4 is 5.73 Å². The average molecular weight is 268 g/mol. The molecule has 4 heteroatoms. The maximum absolute atomic E-state index is 6.18. The lowest BCUT2D eigenvalue weighted by molar-refractivity contribution is -0.00287. The Morgan fingerprint density at radius 3 is 2.05 bits per heavy atom. The van der Waals surface area contributed by atoms with Crippen LogP contribution in [0.4, 0.5) is 0 Å². The third-order valence-corrected chi connectivity index (χ3v) is 4.96. The Balaban J connectivity index is 1.90. The standard InChI is InChI=1S/C15H32N4/c1-14(2)12-18-6-4-15(13-16,5-7-18)19-10-8-17(3)9-11-19/h14H,4-13,16H2,1-3H3. The highest BCUT2D eigenvalue weighted by Crippen LogP contribution is 2.29. The number of likely N-dealkylation sites (N-methyl/N-ethyl adjacent to an activating group) is 1. The topological polar surface area (TPSA) is 35.7 Å². The third kappa shape index (κ3) is 3.69. The Labute approximate surface area is 118 Å². The van der Waals surface area contributed by atoms with Crippen LogP contribution in [-0.4, -0.2) is 79.6 Å². The molecule has 0 spiro atoms. The normalized spacial score (nSPS) is 27.0. The summed E-state index contributed by atoms with van der Waals surface area (Å²) < 4.78 is 0.